The highest BCUT2D eigenvalue weighted by atomic mass is 35.5. The molecule has 3 aromatic carbocycles. The van der Waals surface area contributed by atoms with Gasteiger partial charge in [0, 0.05) is 29.4 Å². The van der Waals surface area contributed by atoms with Crippen LogP contribution in [0.5, 0.6) is 5.75 Å². The molecule has 2 aliphatic rings. The summed E-state index contributed by atoms with van der Waals surface area (Å²) in [7, 11) is -3.55. The van der Waals surface area contributed by atoms with E-state index in [-0.39, 0.29) is 17.3 Å². The smallest absolute Gasteiger partial charge is 0.268 e. The third-order valence-electron chi connectivity index (χ3n) is 6.53. The Morgan fingerprint density at radius 1 is 1.05 bits per heavy atom. The summed E-state index contributed by atoms with van der Waals surface area (Å²) >= 11 is 6.33. The summed E-state index contributed by atoms with van der Waals surface area (Å²) in [5.74, 6) is -0.0986. The summed E-state index contributed by atoms with van der Waals surface area (Å²) in [5.41, 5.74) is 2.09. The zero-order chi connectivity index (χ0) is 26.2. The zero-order valence-corrected chi connectivity index (χ0v) is 21.8. The minimum atomic E-state index is -3.55. The fourth-order valence-electron chi connectivity index (χ4n) is 4.50. The van der Waals surface area contributed by atoms with Gasteiger partial charge in [-0.15, -0.1) is 0 Å². The average molecular weight is 540 g/mol. The molecule has 37 heavy (non-hydrogen) atoms. The van der Waals surface area contributed by atoms with E-state index in [1.807, 2.05) is 18.2 Å². The first kappa shape index (κ1) is 25.3. The lowest BCUT2D eigenvalue weighted by Gasteiger charge is -2.33. The van der Waals surface area contributed by atoms with Gasteiger partial charge >= 0.3 is 0 Å². The van der Waals surface area contributed by atoms with Crippen LogP contribution in [-0.2, 0) is 21.4 Å². The lowest BCUT2D eigenvalue weighted by molar-refractivity contribution is -0.125. The Hall–Kier alpha value is -3.40. The summed E-state index contributed by atoms with van der Waals surface area (Å²) in [5, 5.41) is 3.38. The summed E-state index contributed by atoms with van der Waals surface area (Å²) in [6.45, 7) is 2.97. The number of hydrogen-bond acceptors (Lipinski definition) is 5. The van der Waals surface area contributed by atoms with Gasteiger partial charge in [-0.3, -0.25) is 9.59 Å². The topological polar surface area (TPSA) is 96.0 Å². The van der Waals surface area contributed by atoms with Gasteiger partial charge in [0.05, 0.1) is 17.1 Å². The van der Waals surface area contributed by atoms with Crippen LogP contribution in [0.25, 0.3) is 0 Å². The Morgan fingerprint density at radius 2 is 1.76 bits per heavy atom. The molecule has 0 bridgehead atoms. The predicted octanol–water partition coefficient (Wildman–Crippen LogP) is 4.69. The van der Waals surface area contributed by atoms with E-state index < -0.39 is 22.0 Å². The van der Waals surface area contributed by atoms with Crippen molar-refractivity contribution in [1.29, 1.82) is 0 Å². The van der Waals surface area contributed by atoms with Crippen molar-refractivity contribution in [2.75, 3.05) is 23.3 Å². The molecule has 3 aromatic rings. The highest BCUT2D eigenvalue weighted by Crippen LogP contribution is 2.38. The first-order chi connectivity index (χ1) is 17.7. The molecule has 10 heteroatoms. The van der Waals surface area contributed by atoms with Gasteiger partial charge in [-0.1, -0.05) is 29.8 Å². The van der Waals surface area contributed by atoms with Crippen molar-refractivity contribution < 1.29 is 22.7 Å². The Balaban J connectivity index is 1.36. The van der Waals surface area contributed by atoms with Gasteiger partial charge in [0.2, 0.25) is 10.0 Å². The molecule has 192 valence electrons. The van der Waals surface area contributed by atoms with E-state index in [1.54, 1.807) is 36.1 Å². The third kappa shape index (κ3) is 5.07. The van der Waals surface area contributed by atoms with Crippen molar-refractivity contribution >= 4 is 44.8 Å². The fraction of sp³-hybridized carbons (Fsp3) is 0.259. The molecule has 2 aliphatic heterocycles. The number of nitrogens with one attached hydrogen (secondary N) is 1. The van der Waals surface area contributed by atoms with E-state index in [0.29, 0.717) is 40.8 Å². The SMILES string of the molecule is CC1Oc2ccc(NC(=O)c3ccc(S(=O)(=O)N4CCCC4)cc3)cc2N(Cc2ccccc2Cl)C1=O. The maximum atomic E-state index is 13.0. The van der Waals surface area contributed by atoms with Crippen molar-refractivity contribution in [3.63, 3.8) is 0 Å². The molecule has 1 fully saturated rings. The molecule has 1 atom stereocenters. The monoisotopic (exact) mass is 539 g/mol. The molecule has 0 saturated carbocycles. The molecule has 0 spiro atoms. The van der Waals surface area contributed by atoms with Crippen molar-refractivity contribution in [3.05, 3.63) is 82.9 Å². The van der Waals surface area contributed by atoms with Gasteiger partial charge in [0.1, 0.15) is 5.75 Å². The maximum absolute atomic E-state index is 13.0. The highest BCUT2D eigenvalue weighted by molar-refractivity contribution is 7.89. The van der Waals surface area contributed by atoms with Crippen molar-refractivity contribution in [2.24, 2.45) is 0 Å². The van der Waals surface area contributed by atoms with Gasteiger partial charge < -0.3 is 15.0 Å². The Labute approximate surface area is 220 Å². The number of amides is 2. The van der Waals surface area contributed by atoms with Crippen LogP contribution < -0.4 is 15.0 Å². The Kier molecular flexibility index (Phi) is 6.94. The molecule has 1 N–H and O–H groups in total. The van der Waals surface area contributed by atoms with E-state index in [2.05, 4.69) is 5.32 Å². The maximum Gasteiger partial charge on any atom is 0.268 e. The number of fused-ring (bicyclic) bond motifs is 1. The van der Waals surface area contributed by atoms with Crippen LogP contribution in [0.4, 0.5) is 11.4 Å². The number of anilines is 2. The number of carbonyl (C=O) groups is 2. The fourth-order valence-corrected chi connectivity index (χ4v) is 6.22. The van der Waals surface area contributed by atoms with Crippen molar-refractivity contribution in [2.45, 2.75) is 37.3 Å². The molecule has 1 unspecified atom stereocenters. The number of ether oxygens (including phenoxy) is 1. The largest absolute Gasteiger partial charge is 0.479 e. The molecule has 0 aromatic heterocycles. The highest BCUT2D eigenvalue weighted by Gasteiger charge is 2.32. The number of benzene rings is 3. The van der Waals surface area contributed by atoms with Gasteiger partial charge in [0.25, 0.3) is 11.8 Å². The van der Waals surface area contributed by atoms with Gasteiger partial charge in [-0.05, 0) is 73.9 Å². The zero-order valence-electron chi connectivity index (χ0n) is 20.2. The van der Waals surface area contributed by atoms with Crippen LogP contribution >= 0.6 is 11.6 Å². The van der Waals surface area contributed by atoms with Crippen LogP contribution in [0.15, 0.2) is 71.6 Å². The van der Waals surface area contributed by atoms with Crippen LogP contribution in [0.1, 0.15) is 35.7 Å². The average Bonchev–Trinajstić information content (AvgIpc) is 3.44. The number of hydrogen-bond donors (Lipinski definition) is 1. The molecule has 2 heterocycles. The van der Waals surface area contributed by atoms with Crippen LogP contribution in [0.2, 0.25) is 5.02 Å². The molecule has 1 saturated heterocycles. The second-order valence-electron chi connectivity index (χ2n) is 9.05. The first-order valence-corrected chi connectivity index (χ1v) is 13.8. The van der Waals surface area contributed by atoms with Crippen LogP contribution in [-0.4, -0.2) is 43.7 Å². The van der Waals surface area contributed by atoms with E-state index in [1.165, 1.54) is 28.6 Å². The minimum Gasteiger partial charge on any atom is -0.479 e. The molecule has 5 rings (SSSR count). The van der Waals surface area contributed by atoms with Crippen molar-refractivity contribution in [3.8, 4) is 5.75 Å². The normalized spacial score (nSPS) is 17.8. The number of nitrogens with zero attached hydrogens (tertiary/aromatic N) is 2. The molecule has 0 radical (unpaired) electrons. The lowest BCUT2D eigenvalue weighted by Crippen LogP contribution is -2.44. The van der Waals surface area contributed by atoms with Gasteiger partial charge in [-0.2, -0.15) is 4.31 Å². The molecular weight excluding hydrogens is 514 g/mol. The standard InChI is InChI=1S/C27H26ClN3O5S/c1-18-27(33)31(17-20-6-2-3-7-23(20)28)24-16-21(10-13-25(24)36-18)29-26(32)19-8-11-22(12-9-19)37(34,35)30-14-4-5-15-30/h2-3,6-13,16,18H,4-5,14-15,17H2,1H3,(H,29,32). The van der Waals surface area contributed by atoms with Gasteiger partial charge in [-0.25, -0.2) is 8.42 Å². The van der Waals surface area contributed by atoms with E-state index in [4.69, 9.17) is 16.3 Å². The molecule has 0 aliphatic carbocycles. The van der Waals surface area contributed by atoms with Gasteiger partial charge in [0.15, 0.2) is 6.10 Å². The van der Waals surface area contributed by atoms with Crippen LogP contribution in [0.3, 0.4) is 0 Å². The molecule has 2 amide bonds. The van der Waals surface area contributed by atoms with Crippen LogP contribution in [0, 0.1) is 0 Å². The molecular formula is C27H26ClN3O5S. The Bertz CT molecular complexity index is 1450. The number of halogens is 1. The summed E-state index contributed by atoms with van der Waals surface area (Å²) in [6, 6.07) is 18.3. The van der Waals surface area contributed by atoms with E-state index in [0.717, 1.165) is 18.4 Å². The summed E-state index contributed by atoms with van der Waals surface area (Å²) in [4.78, 5) is 27.7. The predicted molar refractivity (Wildman–Crippen MR) is 142 cm³/mol. The third-order valence-corrected chi connectivity index (χ3v) is 8.81. The lowest BCUT2D eigenvalue weighted by atomic mass is 10.1. The number of carbonyl (C=O) groups excluding carboxylic acids is 2. The van der Waals surface area contributed by atoms with Crippen molar-refractivity contribution in [1.82, 2.24) is 4.31 Å². The Morgan fingerprint density at radius 3 is 2.46 bits per heavy atom. The second-order valence-corrected chi connectivity index (χ2v) is 11.4. The number of sulfonamides is 1. The minimum absolute atomic E-state index is 0.166. The quantitative estimate of drug-likeness (QED) is 0.490. The summed E-state index contributed by atoms with van der Waals surface area (Å²) < 4.78 is 32.7. The molecule has 8 nitrogen and oxygen atoms in total. The second kappa shape index (κ2) is 10.2. The summed E-state index contributed by atoms with van der Waals surface area (Å²) in [6.07, 6.45) is 1.04. The number of rotatable bonds is 6. The first-order valence-electron chi connectivity index (χ1n) is 12.0. The van der Waals surface area contributed by atoms with E-state index >= 15 is 0 Å². The van der Waals surface area contributed by atoms with E-state index in [9.17, 15) is 18.0 Å².